The van der Waals surface area contributed by atoms with Gasteiger partial charge in [-0.15, -0.1) is 0 Å². The molecule has 1 aromatic heterocycles. The van der Waals surface area contributed by atoms with Gasteiger partial charge in [-0.05, 0) is 25.7 Å². The van der Waals surface area contributed by atoms with E-state index in [1.807, 2.05) is 14.0 Å². The maximum Gasteiger partial charge on any atom is 0.130 e. The Hall–Kier alpha value is -0.540. The third-order valence-electron chi connectivity index (χ3n) is 3.07. The molecular formula is C11H18ClN3. The number of hydrogen-bond acceptors (Lipinski definition) is 2. The molecule has 1 saturated carbocycles. The normalized spacial score (nSPS) is 18.1. The molecule has 1 aliphatic carbocycles. The molecule has 0 aromatic carbocycles. The number of nitrogens with two attached hydrogens (primary N) is 1. The first kappa shape index (κ1) is 11.0. The van der Waals surface area contributed by atoms with Gasteiger partial charge in [-0.1, -0.05) is 24.4 Å². The Morgan fingerprint density at radius 2 is 2.27 bits per heavy atom. The zero-order chi connectivity index (χ0) is 11.0. The second-order valence-electron chi connectivity index (χ2n) is 4.62. The van der Waals surface area contributed by atoms with Crippen LogP contribution < -0.4 is 5.73 Å². The van der Waals surface area contributed by atoms with Gasteiger partial charge in [0.05, 0.1) is 5.69 Å². The van der Waals surface area contributed by atoms with Crippen LogP contribution in [0, 0.1) is 12.8 Å². The Morgan fingerprint density at radius 3 is 2.73 bits per heavy atom. The van der Waals surface area contributed by atoms with Crippen molar-refractivity contribution in [3.05, 3.63) is 16.4 Å². The molecule has 1 heterocycles. The van der Waals surface area contributed by atoms with Crippen LogP contribution in [0.2, 0.25) is 5.15 Å². The number of hydrogen-bond donors (Lipinski definition) is 1. The second kappa shape index (κ2) is 4.14. The molecule has 0 saturated heterocycles. The number of nitrogens with zero attached hydrogens (tertiary/aromatic N) is 2. The highest BCUT2D eigenvalue weighted by Crippen LogP contribution is 2.34. The monoisotopic (exact) mass is 227 g/mol. The fraction of sp³-hybridized carbons (Fsp3) is 0.727. The van der Waals surface area contributed by atoms with Crippen molar-refractivity contribution < 1.29 is 0 Å². The van der Waals surface area contributed by atoms with Gasteiger partial charge in [0.25, 0.3) is 0 Å². The van der Waals surface area contributed by atoms with Crippen molar-refractivity contribution in [1.82, 2.24) is 9.78 Å². The Labute approximate surface area is 95.6 Å². The lowest BCUT2D eigenvalue weighted by atomic mass is 10.0. The van der Waals surface area contributed by atoms with Crippen LogP contribution in [-0.2, 0) is 13.5 Å². The molecule has 1 aromatic rings. The van der Waals surface area contributed by atoms with Crippen molar-refractivity contribution in [2.75, 3.05) is 0 Å². The predicted octanol–water partition coefficient (Wildman–Crippen LogP) is 2.05. The largest absolute Gasteiger partial charge is 0.327 e. The minimum atomic E-state index is 0.234. The Balaban J connectivity index is 2.01. The molecule has 0 radical (unpaired) electrons. The van der Waals surface area contributed by atoms with Gasteiger partial charge in [-0.3, -0.25) is 4.68 Å². The summed E-state index contributed by atoms with van der Waals surface area (Å²) in [6, 6.07) is 0.234. The summed E-state index contributed by atoms with van der Waals surface area (Å²) in [5.41, 5.74) is 8.22. The van der Waals surface area contributed by atoms with E-state index >= 15 is 0 Å². The summed E-state index contributed by atoms with van der Waals surface area (Å²) in [5, 5.41) is 5.02. The Morgan fingerprint density at radius 1 is 1.60 bits per heavy atom. The zero-order valence-electron chi connectivity index (χ0n) is 9.33. The smallest absolute Gasteiger partial charge is 0.130 e. The first-order valence-corrected chi connectivity index (χ1v) is 5.89. The van der Waals surface area contributed by atoms with E-state index in [-0.39, 0.29) is 6.04 Å². The molecule has 0 amide bonds. The van der Waals surface area contributed by atoms with Gasteiger partial charge in [-0.2, -0.15) is 5.10 Å². The summed E-state index contributed by atoms with van der Waals surface area (Å²) < 4.78 is 1.72. The van der Waals surface area contributed by atoms with E-state index in [1.165, 1.54) is 12.8 Å². The molecule has 0 spiro atoms. The summed E-state index contributed by atoms with van der Waals surface area (Å²) in [7, 11) is 1.87. The van der Waals surface area contributed by atoms with Gasteiger partial charge in [0.2, 0.25) is 0 Å². The lowest BCUT2D eigenvalue weighted by Gasteiger charge is -2.10. The van der Waals surface area contributed by atoms with Crippen molar-refractivity contribution in [2.45, 2.75) is 38.6 Å². The van der Waals surface area contributed by atoms with Crippen molar-refractivity contribution in [1.29, 1.82) is 0 Å². The van der Waals surface area contributed by atoms with Gasteiger partial charge in [-0.25, -0.2) is 0 Å². The number of aromatic nitrogens is 2. The molecule has 2 N–H and O–H groups in total. The average molecular weight is 228 g/mol. The highest BCUT2D eigenvalue weighted by atomic mass is 35.5. The standard InChI is InChI=1S/C11H18ClN3/c1-7-10(11(12)15(2)14-7)6-9(13)5-8-3-4-8/h8-9H,3-6,13H2,1-2H3. The van der Waals surface area contributed by atoms with Crippen LogP contribution in [0.1, 0.15) is 30.5 Å². The predicted molar refractivity (Wildman–Crippen MR) is 62.0 cm³/mol. The Bertz CT molecular complexity index is 355. The van der Waals surface area contributed by atoms with Crippen molar-refractivity contribution >= 4 is 11.6 Å². The van der Waals surface area contributed by atoms with Crippen LogP contribution in [-0.4, -0.2) is 15.8 Å². The molecule has 3 nitrogen and oxygen atoms in total. The molecule has 0 bridgehead atoms. The van der Waals surface area contributed by atoms with Gasteiger partial charge in [0.15, 0.2) is 0 Å². The molecule has 4 heteroatoms. The van der Waals surface area contributed by atoms with Gasteiger partial charge in [0.1, 0.15) is 5.15 Å². The summed E-state index contributed by atoms with van der Waals surface area (Å²) in [6.07, 6.45) is 4.70. The van der Waals surface area contributed by atoms with E-state index in [0.717, 1.165) is 35.2 Å². The van der Waals surface area contributed by atoms with Crippen LogP contribution in [0.15, 0.2) is 0 Å². The third kappa shape index (κ3) is 2.52. The number of aryl methyl sites for hydroxylation is 2. The summed E-state index contributed by atoms with van der Waals surface area (Å²) in [5.74, 6) is 0.871. The first-order chi connectivity index (χ1) is 7.08. The maximum absolute atomic E-state index is 6.16. The van der Waals surface area contributed by atoms with E-state index in [9.17, 15) is 0 Å². The minimum Gasteiger partial charge on any atom is -0.327 e. The molecule has 15 heavy (non-hydrogen) atoms. The van der Waals surface area contributed by atoms with E-state index in [2.05, 4.69) is 5.10 Å². The molecule has 1 unspecified atom stereocenters. The molecule has 0 aliphatic heterocycles. The fourth-order valence-corrected chi connectivity index (χ4v) is 2.28. The minimum absolute atomic E-state index is 0.234. The molecule has 1 fully saturated rings. The van der Waals surface area contributed by atoms with Crippen LogP contribution >= 0.6 is 11.6 Å². The van der Waals surface area contributed by atoms with Gasteiger partial charge in [0, 0.05) is 18.7 Å². The van der Waals surface area contributed by atoms with Crippen molar-refractivity contribution in [3.8, 4) is 0 Å². The quantitative estimate of drug-likeness (QED) is 0.856. The molecule has 1 atom stereocenters. The van der Waals surface area contributed by atoms with Gasteiger partial charge < -0.3 is 5.73 Å². The van der Waals surface area contributed by atoms with E-state index in [0.29, 0.717) is 0 Å². The fourth-order valence-electron chi connectivity index (χ4n) is 2.03. The molecule has 1 aliphatic rings. The summed E-state index contributed by atoms with van der Waals surface area (Å²) >= 11 is 6.16. The summed E-state index contributed by atoms with van der Waals surface area (Å²) in [4.78, 5) is 0. The topological polar surface area (TPSA) is 43.8 Å². The highest BCUT2D eigenvalue weighted by Gasteiger charge is 2.25. The first-order valence-electron chi connectivity index (χ1n) is 5.51. The van der Waals surface area contributed by atoms with Crippen LogP contribution in [0.3, 0.4) is 0 Å². The van der Waals surface area contributed by atoms with Crippen LogP contribution in [0.4, 0.5) is 0 Å². The second-order valence-corrected chi connectivity index (χ2v) is 4.98. The lowest BCUT2D eigenvalue weighted by molar-refractivity contribution is 0.565. The van der Waals surface area contributed by atoms with E-state index in [4.69, 9.17) is 17.3 Å². The van der Waals surface area contributed by atoms with Gasteiger partial charge >= 0.3 is 0 Å². The van der Waals surface area contributed by atoms with Crippen molar-refractivity contribution in [2.24, 2.45) is 18.7 Å². The zero-order valence-corrected chi connectivity index (χ0v) is 10.1. The molecular weight excluding hydrogens is 210 g/mol. The lowest BCUT2D eigenvalue weighted by Crippen LogP contribution is -2.23. The molecule has 2 rings (SSSR count). The van der Waals surface area contributed by atoms with E-state index < -0.39 is 0 Å². The van der Waals surface area contributed by atoms with Crippen LogP contribution in [0.25, 0.3) is 0 Å². The Kier molecular flexibility index (Phi) is 3.03. The van der Waals surface area contributed by atoms with E-state index in [1.54, 1.807) is 4.68 Å². The summed E-state index contributed by atoms with van der Waals surface area (Å²) in [6.45, 7) is 1.99. The maximum atomic E-state index is 6.16. The number of halogens is 1. The SMILES string of the molecule is Cc1nn(C)c(Cl)c1CC(N)CC1CC1. The third-order valence-corrected chi connectivity index (χ3v) is 3.54. The molecule has 84 valence electrons. The van der Waals surface area contributed by atoms with Crippen molar-refractivity contribution in [3.63, 3.8) is 0 Å². The average Bonchev–Trinajstić information content (AvgIpc) is 2.92. The number of rotatable bonds is 4. The van der Waals surface area contributed by atoms with Crippen LogP contribution in [0.5, 0.6) is 0 Å². The highest BCUT2D eigenvalue weighted by molar-refractivity contribution is 6.30.